The first-order chi connectivity index (χ1) is 9.55. The molecule has 1 saturated heterocycles. The Morgan fingerprint density at radius 1 is 1.20 bits per heavy atom. The van der Waals surface area contributed by atoms with Crippen molar-refractivity contribution in [3.05, 3.63) is 0 Å². The van der Waals surface area contributed by atoms with Gasteiger partial charge in [0.25, 0.3) is 0 Å². The summed E-state index contributed by atoms with van der Waals surface area (Å²) in [6, 6.07) is 0.651. The summed E-state index contributed by atoms with van der Waals surface area (Å²) in [7, 11) is -3.11. The third-order valence-electron chi connectivity index (χ3n) is 3.86. The Labute approximate surface area is 124 Å². The molecule has 0 radical (unpaired) electrons. The Kier molecular flexibility index (Phi) is 8.68. The van der Waals surface area contributed by atoms with Crippen LogP contribution in [0.1, 0.15) is 46.0 Å². The Morgan fingerprint density at radius 2 is 2.00 bits per heavy atom. The maximum absolute atomic E-state index is 11.7. The number of piperidine rings is 1. The molecule has 0 aromatic rings. The first-order valence-electron chi connectivity index (χ1n) is 7.97. The van der Waals surface area contributed by atoms with E-state index in [4.69, 9.17) is 0 Å². The summed E-state index contributed by atoms with van der Waals surface area (Å²) < 4.78 is 26.2. The van der Waals surface area contributed by atoms with Crippen LogP contribution in [0.2, 0.25) is 0 Å². The molecule has 0 aromatic heterocycles. The minimum absolute atomic E-state index is 0.174. The average Bonchev–Trinajstić information content (AvgIpc) is 2.42. The van der Waals surface area contributed by atoms with Crippen LogP contribution in [0.5, 0.6) is 0 Å². The number of hydrogen-bond acceptors (Lipinski definition) is 4. The normalized spacial score (nSPS) is 21.2. The SMILES string of the molecule is CCCNCCS(=O)(=O)NCCCN1CCCCC1C. The van der Waals surface area contributed by atoms with E-state index in [1.54, 1.807) is 0 Å². The van der Waals surface area contributed by atoms with E-state index in [1.807, 2.05) is 0 Å². The van der Waals surface area contributed by atoms with Gasteiger partial charge in [-0.15, -0.1) is 0 Å². The molecular formula is C14H31N3O2S. The van der Waals surface area contributed by atoms with Crippen LogP contribution in [0.25, 0.3) is 0 Å². The van der Waals surface area contributed by atoms with Gasteiger partial charge in [0, 0.05) is 19.1 Å². The minimum Gasteiger partial charge on any atom is -0.316 e. The summed E-state index contributed by atoms with van der Waals surface area (Å²) in [5.41, 5.74) is 0. The van der Waals surface area contributed by atoms with Crippen molar-refractivity contribution in [2.24, 2.45) is 0 Å². The monoisotopic (exact) mass is 305 g/mol. The van der Waals surface area contributed by atoms with Crippen LogP contribution in [0.15, 0.2) is 0 Å². The van der Waals surface area contributed by atoms with Gasteiger partial charge in [0.05, 0.1) is 5.75 Å². The first kappa shape index (κ1) is 17.9. The maximum Gasteiger partial charge on any atom is 0.212 e. The van der Waals surface area contributed by atoms with E-state index < -0.39 is 10.0 Å². The van der Waals surface area contributed by atoms with Crippen LogP contribution in [0.4, 0.5) is 0 Å². The second-order valence-electron chi connectivity index (χ2n) is 5.70. The van der Waals surface area contributed by atoms with Crippen molar-refractivity contribution in [3.8, 4) is 0 Å². The molecule has 5 nitrogen and oxygen atoms in total. The molecule has 1 aliphatic heterocycles. The second-order valence-corrected chi connectivity index (χ2v) is 7.62. The third kappa shape index (κ3) is 7.57. The van der Waals surface area contributed by atoms with E-state index in [1.165, 1.54) is 19.3 Å². The fourth-order valence-electron chi connectivity index (χ4n) is 2.58. The van der Waals surface area contributed by atoms with Crippen molar-refractivity contribution < 1.29 is 8.42 Å². The summed E-state index contributed by atoms with van der Waals surface area (Å²) in [4.78, 5) is 2.47. The summed E-state index contributed by atoms with van der Waals surface area (Å²) in [6.07, 6.45) is 5.80. The van der Waals surface area contributed by atoms with Gasteiger partial charge in [-0.05, 0) is 52.2 Å². The van der Waals surface area contributed by atoms with Crippen molar-refractivity contribution in [2.45, 2.75) is 52.0 Å². The highest BCUT2D eigenvalue weighted by Crippen LogP contribution is 2.15. The largest absolute Gasteiger partial charge is 0.316 e. The van der Waals surface area contributed by atoms with E-state index in [9.17, 15) is 8.42 Å². The number of hydrogen-bond donors (Lipinski definition) is 2. The van der Waals surface area contributed by atoms with Gasteiger partial charge in [-0.1, -0.05) is 13.3 Å². The Balaban J connectivity index is 2.09. The van der Waals surface area contributed by atoms with Gasteiger partial charge in [0.1, 0.15) is 0 Å². The minimum atomic E-state index is -3.11. The highest BCUT2D eigenvalue weighted by atomic mass is 32.2. The highest BCUT2D eigenvalue weighted by Gasteiger charge is 2.17. The number of rotatable bonds is 10. The lowest BCUT2D eigenvalue weighted by Crippen LogP contribution is -2.39. The Hall–Kier alpha value is -0.170. The van der Waals surface area contributed by atoms with Gasteiger partial charge in [0.15, 0.2) is 0 Å². The van der Waals surface area contributed by atoms with Crippen molar-refractivity contribution in [3.63, 3.8) is 0 Å². The molecule has 1 unspecified atom stereocenters. The predicted octanol–water partition coefficient (Wildman–Crippen LogP) is 1.17. The van der Waals surface area contributed by atoms with E-state index >= 15 is 0 Å². The molecule has 20 heavy (non-hydrogen) atoms. The van der Waals surface area contributed by atoms with Crippen molar-refractivity contribution in [2.75, 3.05) is 38.5 Å². The summed E-state index contributed by atoms with van der Waals surface area (Å²) in [5, 5.41) is 3.11. The molecule has 1 atom stereocenters. The lowest BCUT2D eigenvalue weighted by atomic mass is 10.0. The molecule has 0 saturated carbocycles. The van der Waals surface area contributed by atoms with E-state index in [2.05, 4.69) is 28.8 Å². The van der Waals surface area contributed by atoms with Crippen molar-refractivity contribution in [1.82, 2.24) is 14.9 Å². The molecule has 0 aromatic carbocycles. The van der Waals surface area contributed by atoms with Gasteiger partial charge in [-0.25, -0.2) is 13.1 Å². The number of nitrogens with zero attached hydrogens (tertiary/aromatic N) is 1. The zero-order valence-electron chi connectivity index (χ0n) is 13.0. The molecule has 120 valence electrons. The topological polar surface area (TPSA) is 61.4 Å². The molecule has 1 fully saturated rings. The Bertz CT molecular complexity index is 346. The van der Waals surface area contributed by atoms with Gasteiger partial charge < -0.3 is 10.2 Å². The van der Waals surface area contributed by atoms with E-state index in [-0.39, 0.29) is 5.75 Å². The molecule has 1 heterocycles. The molecule has 1 rings (SSSR count). The van der Waals surface area contributed by atoms with Crippen LogP contribution < -0.4 is 10.0 Å². The van der Waals surface area contributed by atoms with Crippen LogP contribution in [-0.2, 0) is 10.0 Å². The molecule has 1 aliphatic rings. The predicted molar refractivity (Wildman–Crippen MR) is 84.5 cm³/mol. The van der Waals surface area contributed by atoms with E-state index in [0.29, 0.717) is 19.1 Å². The third-order valence-corrected chi connectivity index (χ3v) is 5.24. The molecule has 6 heteroatoms. The lowest BCUT2D eigenvalue weighted by Gasteiger charge is -2.33. The van der Waals surface area contributed by atoms with Gasteiger partial charge in [-0.3, -0.25) is 0 Å². The highest BCUT2D eigenvalue weighted by molar-refractivity contribution is 7.89. The van der Waals surface area contributed by atoms with Crippen LogP contribution in [-0.4, -0.2) is 57.8 Å². The summed E-state index contributed by atoms with van der Waals surface area (Å²) >= 11 is 0. The number of nitrogens with one attached hydrogen (secondary N) is 2. The van der Waals surface area contributed by atoms with Crippen LogP contribution in [0.3, 0.4) is 0 Å². The van der Waals surface area contributed by atoms with Gasteiger partial charge >= 0.3 is 0 Å². The van der Waals surface area contributed by atoms with Crippen molar-refractivity contribution >= 4 is 10.0 Å². The molecule has 0 spiro atoms. The van der Waals surface area contributed by atoms with Crippen LogP contribution in [0, 0.1) is 0 Å². The zero-order chi connectivity index (χ0) is 14.8. The van der Waals surface area contributed by atoms with Gasteiger partial charge in [0.2, 0.25) is 10.0 Å². The zero-order valence-corrected chi connectivity index (χ0v) is 13.8. The maximum atomic E-state index is 11.7. The molecule has 2 N–H and O–H groups in total. The fraction of sp³-hybridized carbons (Fsp3) is 1.00. The smallest absolute Gasteiger partial charge is 0.212 e. The lowest BCUT2D eigenvalue weighted by molar-refractivity contribution is 0.159. The van der Waals surface area contributed by atoms with Crippen molar-refractivity contribution in [1.29, 1.82) is 0 Å². The molecule has 0 aliphatic carbocycles. The van der Waals surface area contributed by atoms with Crippen LogP contribution >= 0.6 is 0 Å². The average molecular weight is 305 g/mol. The Morgan fingerprint density at radius 3 is 2.70 bits per heavy atom. The van der Waals surface area contributed by atoms with Gasteiger partial charge in [-0.2, -0.15) is 0 Å². The quantitative estimate of drug-likeness (QED) is 0.595. The standard InChI is InChI=1S/C14H31N3O2S/c1-3-8-15-10-13-20(18,19)16-9-6-12-17-11-5-4-7-14(17)2/h14-16H,3-13H2,1-2H3. The molecular weight excluding hydrogens is 274 g/mol. The summed E-state index contributed by atoms with van der Waals surface area (Å²) in [5.74, 6) is 0.174. The molecule has 0 amide bonds. The number of sulfonamides is 1. The fourth-order valence-corrected chi connectivity index (χ4v) is 3.59. The summed E-state index contributed by atoms with van der Waals surface area (Å²) in [6.45, 7) is 8.46. The molecule has 0 bridgehead atoms. The van der Waals surface area contributed by atoms with E-state index in [0.717, 1.165) is 32.5 Å². The second kappa shape index (κ2) is 9.71. The first-order valence-corrected chi connectivity index (χ1v) is 9.62. The number of likely N-dealkylation sites (tertiary alicyclic amines) is 1.